The minimum Gasteiger partial charge on any atom is -0.364 e. The Bertz CT molecular complexity index is 823. The van der Waals surface area contributed by atoms with Crippen molar-refractivity contribution in [2.45, 2.75) is 38.6 Å². The third-order valence-electron chi connectivity index (χ3n) is 4.50. The van der Waals surface area contributed by atoms with Gasteiger partial charge in [-0.25, -0.2) is 14.4 Å². The first-order valence-electron chi connectivity index (χ1n) is 9.03. The summed E-state index contributed by atoms with van der Waals surface area (Å²) in [5, 5.41) is 17.6. The maximum atomic E-state index is 13.0. The van der Waals surface area contributed by atoms with E-state index in [-0.39, 0.29) is 23.1 Å². The number of aromatic nitrogens is 2. The van der Waals surface area contributed by atoms with Crippen LogP contribution >= 0.6 is 0 Å². The van der Waals surface area contributed by atoms with E-state index >= 15 is 0 Å². The number of allylic oxidation sites excluding steroid dienone is 1. The first-order chi connectivity index (χ1) is 13.1. The van der Waals surface area contributed by atoms with Crippen LogP contribution in [0, 0.1) is 15.9 Å². The second kappa shape index (κ2) is 9.07. The smallest absolute Gasteiger partial charge is 0.353 e. The van der Waals surface area contributed by atoms with Gasteiger partial charge in [0.2, 0.25) is 11.6 Å². The molecule has 1 aliphatic carbocycles. The summed E-state index contributed by atoms with van der Waals surface area (Å²) in [6.07, 6.45) is 9.05. The molecule has 0 fully saturated rings. The highest BCUT2D eigenvalue weighted by Gasteiger charge is 2.22. The summed E-state index contributed by atoms with van der Waals surface area (Å²) in [6, 6.07) is 5.93. The van der Waals surface area contributed by atoms with Crippen LogP contribution in [0.2, 0.25) is 0 Å². The van der Waals surface area contributed by atoms with Crippen LogP contribution in [0.4, 0.5) is 21.7 Å². The average molecular weight is 371 g/mol. The lowest BCUT2D eigenvalue weighted by atomic mass is 9.97. The Morgan fingerprint density at radius 2 is 1.85 bits per heavy atom. The normalized spacial score (nSPS) is 13.7. The summed E-state index contributed by atoms with van der Waals surface area (Å²) >= 11 is 0. The molecular weight excluding hydrogens is 349 g/mol. The predicted octanol–water partition coefficient (Wildman–Crippen LogP) is 4.44. The lowest BCUT2D eigenvalue weighted by Crippen LogP contribution is -2.11. The molecule has 0 saturated carbocycles. The molecule has 0 aliphatic heterocycles. The third-order valence-corrected chi connectivity index (χ3v) is 4.50. The molecule has 3 rings (SSSR count). The molecule has 0 bridgehead atoms. The van der Waals surface area contributed by atoms with E-state index in [1.165, 1.54) is 36.9 Å². The van der Waals surface area contributed by atoms with Crippen LogP contribution < -0.4 is 10.6 Å². The van der Waals surface area contributed by atoms with Crippen molar-refractivity contribution < 1.29 is 9.31 Å². The van der Waals surface area contributed by atoms with Gasteiger partial charge in [0.25, 0.3) is 0 Å². The number of benzene rings is 1. The molecule has 142 valence electrons. The molecular formula is C19H22FN5O2. The Morgan fingerprint density at radius 1 is 1.11 bits per heavy atom. The highest BCUT2D eigenvalue weighted by atomic mass is 19.1. The average Bonchev–Trinajstić information content (AvgIpc) is 2.68. The number of rotatable bonds is 8. The van der Waals surface area contributed by atoms with Gasteiger partial charge in [-0.1, -0.05) is 23.8 Å². The van der Waals surface area contributed by atoms with Gasteiger partial charge in [0.1, 0.15) is 12.1 Å². The molecule has 27 heavy (non-hydrogen) atoms. The van der Waals surface area contributed by atoms with Crippen LogP contribution in [0.25, 0.3) is 0 Å². The van der Waals surface area contributed by atoms with E-state index in [0.717, 1.165) is 24.8 Å². The molecule has 1 aromatic heterocycles. The van der Waals surface area contributed by atoms with Crippen LogP contribution in [-0.2, 0) is 6.54 Å². The van der Waals surface area contributed by atoms with Crippen LogP contribution in [-0.4, -0.2) is 21.4 Å². The van der Waals surface area contributed by atoms with E-state index < -0.39 is 4.92 Å². The first kappa shape index (κ1) is 18.8. The molecule has 8 heteroatoms. The van der Waals surface area contributed by atoms with Crippen molar-refractivity contribution >= 4 is 17.3 Å². The molecule has 1 aliphatic rings. The number of hydrogen-bond donors (Lipinski definition) is 2. The molecule has 1 heterocycles. The Balaban J connectivity index is 1.67. The van der Waals surface area contributed by atoms with Crippen molar-refractivity contribution in [2.75, 3.05) is 17.2 Å². The molecule has 2 N–H and O–H groups in total. The fourth-order valence-electron chi connectivity index (χ4n) is 3.07. The minimum atomic E-state index is -0.491. The van der Waals surface area contributed by atoms with Crippen LogP contribution in [0.3, 0.4) is 0 Å². The molecule has 7 nitrogen and oxygen atoms in total. The highest BCUT2D eigenvalue weighted by Crippen LogP contribution is 2.29. The number of hydrogen-bond acceptors (Lipinski definition) is 6. The summed E-state index contributed by atoms with van der Waals surface area (Å²) in [7, 11) is 0. The molecule has 0 spiro atoms. The largest absolute Gasteiger partial charge is 0.364 e. The lowest BCUT2D eigenvalue weighted by molar-refractivity contribution is -0.383. The summed E-state index contributed by atoms with van der Waals surface area (Å²) in [5.41, 5.74) is 2.00. The second-order valence-corrected chi connectivity index (χ2v) is 6.44. The van der Waals surface area contributed by atoms with Crippen molar-refractivity contribution in [3.63, 3.8) is 0 Å². The van der Waals surface area contributed by atoms with Gasteiger partial charge in [0.15, 0.2) is 0 Å². The maximum Gasteiger partial charge on any atom is 0.353 e. The van der Waals surface area contributed by atoms with E-state index in [1.54, 1.807) is 12.1 Å². The van der Waals surface area contributed by atoms with E-state index in [4.69, 9.17) is 0 Å². The Hall–Kier alpha value is -3.03. The Kier molecular flexibility index (Phi) is 6.30. The SMILES string of the molecule is O=[N+]([O-])c1c(NCCC2=CCCCC2)ncnc1NCc1ccc(F)cc1. The minimum absolute atomic E-state index is 0.138. The zero-order chi connectivity index (χ0) is 19.1. The Morgan fingerprint density at radius 3 is 2.52 bits per heavy atom. The summed E-state index contributed by atoms with van der Waals surface area (Å²) < 4.78 is 13.0. The van der Waals surface area contributed by atoms with Gasteiger partial charge in [-0.15, -0.1) is 0 Å². The third kappa shape index (κ3) is 5.22. The summed E-state index contributed by atoms with van der Waals surface area (Å²) in [4.78, 5) is 19.1. The van der Waals surface area contributed by atoms with Gasteiger partial charge in [0, 0.05) is 13.1 Å². The molecule has 0 unspecified atom stereocenters. The van der Waals surface area contributed by atoms with Crippen LogP contribution in [0.1, 0.15) is 37.7 Å². The van der Waals surface area contributed by atoms with Gasteiger partial charge < -0.3 is 10.6 Å². The van der Waals surface area contributed by atoms with Gasteiger partial charge in [-0.05, 0) is 49.8 Å². The number of halogens is 1. The number of nitrogens with one attached hydrogen (secondary N) is 2. The number of nitro groups is 1. The van der Waals surface area contributed by atoms with Crippen molar-refractivity contribution in [1.29, 1.82) is 0 Å². The first-order valence-corrected chi connectivity index (χ1v) is 9.03. The van der Waals surface area contributed by atoms with Crippen LogP contribution in [0.5, 0.6) is 0 Å². The fraction of sp³-hybridized carbons (Fsp3) is 0.368. The molecule has 1 aromatic carbocycles. The van der Waals surface area contributed by atoms with E-state index in [1.807, 2.05) is 0 Å². The van der Waals surface area contributed by atoms with Crippen LogP contribution in [0.15, 0.2) is 42.2 Å². The molecule has 0 saturated heterocycles. The van der Waals surface area contributed by atoms with Crippen molar-refractivity contribution in [2.24, 2.45) is 0 Å². The van der Waals surface area contributed by atoms with E-state index in [0.29, 0.717) is 13.1 Å². The van der Waals surface area contributed by atoms with E-state index in [2.05, 4.69) is 26.7 Å². The molecule has 0 radical (unpaired) electrons. The van der Waals surface area contributed by atoms with Gasteiger partial charge in [-0.2, -0.15) is 0 Å². The van der Waals surface area contributed by atoms with Crippen molar-refractivity contribution in [3.8, 4) is 0 Å². The molecule has 0 amide bonds. The summed E-state index contributed by atoms with van der Waals surface area (Å²) in [6.45, 7) is 0.881. The van der Waals surface area contributed by atoms with Gasteiger partial charge in [-0.3, -0.25) is 10.1 Å². The predicted molar refractivity (Wildman–Crippen MR) is 102 cm³/mol. The molecule has 2 aromatic rings. The Labute approximate surface area is 156 Å². The fourth-order valence-corrected chi connectivity index (χ4v) is 3.07. The standard InChI is InChI=1S/C19H22FN5O2/c20-16-8-6-15(7-9-16)12-22-19-17(25(26)27)18(23-13-24-19)21-11-10-14-4-2-1-3-5-14/h4,6-9,13H,1-3,5,10-12H2,(H2,21,22,23,24). The maximum absolute atomic E-state index is 13.0. The van der Waals surface area contributed by atoms with Crippen molar-refractivity contribution in [3.05, 3.63) is 63.7 Å². The quantitative estimate of drug-likeness (QED) is 0.405. The molecule has 0 atom stereocenters. The monoisotopic (exact) mass is 371 g/mol. The highest BCUT2D eigenvalue weighted by molar-refractivity contribution is 5.69. The summed E-state index contributed by atoms with van der Waals surface area (Å²) in [5.74, 6) is 0.0121. The number of nitrogens with zero attached hydrogens (tertiary/aromatic N) is 3. The van der Waals surface area contributed by atoms with Gasteiger partial charge in [0.05, 0.1) is 4.92 Å². The lowest BCUT2D eigenvalue weighted by Gasteiger charge is -2.13. The van der Waals surface area contributed by atoms with Gasteiger partial charge >= 0.3 is 5.69 Å². The second-order valence-electron chi connectivity index (χ2n) is 6.44. The zero-order valence-electron chi connectivity index (χ0n) is 14.9. The zero-order valence-corrected chi connectivity index (χ0v) is 14.9. The van der Waals surface area contributed by atoms with Crippen molar-refractivity contribution in [1.82, 2.24) is 9.97 Å². The van der Waals surface area contributed by atoms with E-state index in [9.17, 15) is 14.5 Å². The topological polar surface area (TPSA) is 93.0 Å². The number of anilines is 2.